The van der Waals surface area contributed by atoms with Gasteiger partial charge < -0.3 is 10.6 Å². The minimum Gasteiger partial charge on any atom is -0.317 e. The molecule has 2 nitrogen and oxygen atoms in total. The molecule has 3 heteroatoms. The average molecular weight is 202 g/mol. The molecule has 1 unspecified atom stereocenters. The predicted molar refractivity (Wildman–Crippen MR) is 61.5 cm³/mol. The number of unbranched alkanes of at least 4 members (excludes halogenated alkanes) is 1. The van der Waals surface area contributed by atoms with Gasteiger partial charge in [-0.25, -0.2) is 0 Å². The van der Waals surface area contributed by atoms with Gasteiger partial charge in [-0.1, -0.05) is 13.3 Å². The van der Waals surface area contributed by atoms with Gasteiger partial charge in [0.15, 0.2) is 0 Å². The third-order valence-corrected chi connectivity index (χ3v) is 3.51. The summed E-state index contributed by atoms with van der Waals surface area (Å²) in [6.07, 6.45) is 3.90. The van der Waals surface area contributed by atoms with Gasteiger partial charge in [0.1, 0.15) is 0 Å². The SMILES string of the molecule is CCCCNCCC1CSCCN1. The number of rotatable bonds is 6. The van der Waals surface area contributed by atoms with Crippen LogP contribution in [-0.2, 0) is 0 Å². The lowest BCUT2D eigenvalue weighted by Crippen LogP contribution is -2.39. The molecule has 1 saturated heterocycles. The molecule has 0 aromatic carbocycles. The molecule has 0 aliphatic carbocycles. The molecule has 2 N–H and O–H groups in total. The molecule has 1 rings (SSSR count). The van der Waals surface area contributed by atoms with Crippen molar-refractivity contribution in [2.45, 2.75) is 32.2 Å². The first-order valence-electron chi connectivity index (χ1n) is 5.45. The summed E-state index contributed by atoms with van der Waals surface area (Å²) in [6, 6.07) is 0.757. The molecule has 0 aromatic rings. The minimum atomic E-state index is 0.757. The van der Waals surface area contributed by atoms with Crippen molar-refractivity contribution < 1.29 is 0 Å². The molecule has 1 heterocycles. The Morgan fingerprint density at radius 3 is 3.08 bits per heavy atom. The van der Waals surface area contributed by atoms with Crippen LogP contribution in [0.3, 0.4) is 0 Å². The number of hydrogen-bond donors (Lipinski definition) is 2. The Bertz CT molecular complexity index is 113. The Hall–Kier alpha value is 0.270. The molecule has 0 saturated carbocycles. The lowest BCUT2D eigenvalue weighted by molar-refractivity contribution is 0.500. The maximum atomic E-state index is 3.55. The lowest BCUT2D eigenvalue weighted by atomic mass is 10.2. The average Bonchev–Trinajstić information content (AvgIpc) is 2.19. The summed E-state index contributed by atoms with van der Waals surface area (Å²) in [4.78, 5) is 0. The Morgan fingerprint density at radius 1 is 1.46 bits per heavy atom. The molecule has 0 aromatic heterocycles. The lowest BCUT2D eigenvalue weighted by Gasteiger charge is -2.23. The van der Waals surface area contributed by atoms with Gasteiger partial charge in [-0.2, -0.15) is 11.8 Å². The third kappa shape index (κ3) is 5.55. The van der Waals surface area contributed by atoms with Crippen molar-refractivity contribution in [3.8, 4) is 0 Å². The van der Waals surface area contributed by atoms with Crippen LogP contribution < -0.4 is 10.6 Å². The zero-order valence-electron chi connectivity index (χ0n) is 8.64. The fourth-order valence-electron chi connectivity index (χ4n) is 1.51. The van der Waals surface area contributed by atoms with E-state index in [0.29, 0.717) is 0 Å². The smallest absolute Gasteiger partial charge is 0.0170 e. The molecular formula is C10H22N2S. The van der Waals surface area contributed by atoms with Crippen molar-refractivity contribution in [1.82, 2.24) is 10.6 Å². The summed E-state index contributed by atoms with van der Waals surface area (Å²) in [5.74, 6) is 2.59. The topological polar surface area (TPSA) is 24.1 Å². The third-order valence-electron chi connectivity index (χ3n) is 2.38. The van der Waals surface area contributed by atoms with Crippen molar-refractivity contribution in [1.29, 1.82) is 0 Å². The number of thioether (sulfide) groups is 1. The van der Waals surface area contributed by atoms with E-state index in [4.69, 9.17) is 0 Å². The summed E-state index contributed by atoms with van der Waals surface area (Å²) in [7, 11) is 0. The van der Waals surface area contributed by atoms with Crippen LogP contribution in [0, 0.1) is 0 Å². The van der Waals surface area contributed by atoms with Crippen LogP contribution in [0.2, 0.25) is 0 Å². The highest BCUT2D eigenvalue weighted by molar-refractivity contribution is 7.99. The van der Waals surface area contributed by atoms with Gasteiger partial charge in [0.2, 0.25) is 0 Å². The molecule has 1 fully saturated rings. The van der Waals surface area contributed by atoms with Crippen molar-refractivity contribution in [2.75, 3.05) is 31.1 Å². The summed E-state index contributed by atoms with van der Waals surface area (Å²) < 4.78 is 0. The Labute approximate surface area is 86.2 Å². The van der Waals surface area contributed by atoms with Gasteiger partial charge in [-0.05, 0) is 25.9 Å². The van der Waals surface area contributed by atoms with Crippen LogP contribution >= 0.6 is 11.8 Å². The molecule has 0 bridgehead atoms. The van der Waals surface area contributed by atoms with Crippen LogP contribution in [0.4, 0.5) is 0 Å². The molecule has 0 spiro atoms. The van der Waals surface area contributed by atoms with Gasteiger partial charge in [-0.15, -0.1) is 0 Å². The molecular weight excluding hydrogens is 180 g/mol. The Kier molecular flexibility index (Phi) is 6.68. The summed E-state index contributed by atoms with van der Waals surface area (Å²) in [6.45, 7) is 5.81. The first kappa shape index (κ1) is 11.3. The Morgan fingerprint density at radius 2 is 2.38 bits per heavy atom. The highest BCUT2D eigenvalue weighted by Gasteiger charge is 2.11. The van der Waals surface area contributed by atoms with Crippen LogP contribution in [0.25, 0.3) is 0 Å². The fourth-order valence-corrected chi connectivity index (χ4v) is 2.51. The van der Waals surface area contributed by atoms with Crippen molar-refractivity contribution in [3.05, 3.63) is 0 Å². The quantitative estimate of drug-likeness (QED) is 0.638. The zero-order valence-corrected chi connectivity index (χ0v) is 9.46. The summed E-state index contributed by atoms with van der Waals surface area (Å²) >= 11 is 2.08. The van der Waals surface area contributed by atoms with E-state index in [-0.39, 0.29) is 0 Å². The van der Waals surface area contributed by atoms with Crippen LogP contribution in [-0.4, -0.2) is 37.2 Å². The van der Waals surface area contributed by atoms with Crippen LogP contribution in [0.15, 0.2) is 0 Å². The molecule has 0 amide bonds. The molecule has 1 atom stereocenters. The van der Waals surface area contributed by atoms with E-state index in [1.807, 2.05) is 0 Å². The largest absolute Gasteiger partial charge is 0.317 e. The van der Waals surface area contributed by atoms with E-state index >= 15 is 0 Å². The highest BCUT2D eigenvalue weighted by Crippen LogP contribution is 2.09. The number of nitrogens with one attached hydrogen (secondary N) is 2. The minimum absolute atomic E-state index is 0.757. The maximum absolute atomic E-state index is 3.55. The zero-order chi connectivity index (χ0) is 9.36. The second kappa shape index (κ2) is 7.65. The molecule has 1 aliphatic rings. The van der Waals surface area contributed by atoms with E-state index in [1.165, 1.54) is 50.4 Å². The standard InChI is InChI=1S/C10H22N2S/c1-2-3-5-11-6-4-10-9-13-8-7-12-10/h10-12H,2-9H2,1H3. The molecule has 13 heavy (non-hydrogen) atoms. The molecule has 78 valence electrons. The molecule has 0 radical (unpaired) electrons. The van der Waals surface area contributed by atoms with Crippen molar-refractivity contribution >= 4 is 11.8 Å². The van der Waals surface area contributed by atoms with Gasteiger partial charge in [0, 0.05) is 24.1 Å². The van der Waals surface area contributed by atoms with Gasteiger partial charge in [0.05, 0.1) is 0 Å². The van der Waals surface area contributed by atoms with E-state index in [0.717, 1.165) is 6.04 Å². The van der Waals surface area contributed by atoms with E-state index in [2.05, 4.69) is 29.3 Å². The first-order valence-corrected chi connectivity index (χ1v) is 6.60. The van der Waals surface area contributed by atoms with E-state index in [1.54, 1.807) is 0 Å². The van der Waals surface area contributed by atoms with Gasteiger partial charge in [-0.3, -0.25) is 0 Å². The number of hydrogen-bond acceptors (Lipinski definition) is 3. The van der Waals surface area contributed by atoms with E-state index in [9.17, 15) is 0 Å². The summed E-state index contributed by atoms with van der Waals surface area (Å²) in [5.41, 5.74) is 0. The maximum Gasteiger partial charge on any atom is 0.0170 e. The van der Waals surface area contributed by atoms with Gasteiger partial charge in [0.25, 0.3) is 0 Å². The van der Waals surface area contributed by atoms with E-state index < -0.39 is 0 Å². The highest BCUT2D eigenvalue weighted by atomic mass is 32.2. The predicted octanol–water partition coefficient (Wildman–Crippen LogP) is 1.47. The first-order chi connectivity index (χ1) is 6.43. The second-order valence-corrected chi connectivity index (χ2v) is 4.77. The van der Waals surface area contributed by atoms with Crippen LogP contribution in [0.5, 0.6) is 0 Å². The fraction of sp³-hybridized carbons (Fsp3) is 1.00. The summed E-state index contributed by atoms with van der Waals surface area (Å²) in [5, 5.41) is 7.03. The molecule has 1 aliphatic heterocycles. The van der Waals surface area contributed by atoms with Crippen molar-refractivity contribution in [2.24, 2.45) is 0 Å². The van der Waals surface area contributed by atoms with Crippen molar-refractivity contribution in [3.63, 3.8) is 0 Å². The van der Waals surface area contributed by atoms with Gasteiger partial charge >= 0.3 is 0 Å². The van der Waals surface area contributed by atoms with Crippen LogP contribution in [0.1, 0.15) is 26.2 Å². The Balaban J connectivity index is 1.86. The monoisotopic (exact) mass is 202 g/mol. The normalized spacial score (nSPS) is 23.3. The second-order valence-electron chi connectivity index (χ2n) is 3.62.